The summed E-state index contributed by atoms with van der Waals surface area (Å²) in [5.41, 5.74) is 1.69. The molecule has 2 aliphatic heterocycles. The molecule has 7 heteroatoms. The zero-order valence-electron chi connectivity index (χ0n) is 21.2. The lowest BCUT2D eigenvalue weighted by atomic mass is 9.86. The fourth-order valence-corrected chi connectivity index (χ4v) is 5.88. The maximum Gasteiger partial charge on any atom is 0.235 e. The third-order valence-electron chi connectivity index (χ3n) is 8.04. The number of amides is 2. The first-order valence-electron chi connectivity index (χ1n) is 13.7. The molecular weight excluding hydrogens is 440 g/mol. The first-order valence-corrected chi connectivity index (χ1v) is 13.7. The lowest BCUT2D eigenvalue weighted by molar-refractivity contribution is -0.134. The van der Waals surface area contributed by atoms with Gasteiger partial charge in [-0.3, -0.25) is 14.9 Å². The molecule has 4 rings (SSSR count). The number of hydrogen-bond acceptors (Lipinski definition) is 6. The molecule has 0 spiro atoms. The molecule has 192 valence electrons. The number of imide groups is 1. The molecule has 35 heavy (non-hydrogen) atoms. The number of benzene rings is 1. The van der Waals surface area contributed by atoms with Gasteiger partial charge in [-0.2, -0.15) is 0 Å². The highest BCUT2D eigenvalue weighted by atomic mass is 16.5. The van der Waals surface area contributed by atoms with Crippen molar-refractivity contribution in [1.82, 2.24) is 10.2 Å². The number of piperidine rings is 2. The van der Waals surface area contributed by atoms with Gasteiger partial charge in [-0.05, 0) is 50.3 Å². The van der Waals surface area contributed by atoms with Gasteiger partial charge >= 0.3 is 0 Å². The van der Waals surface area contributed by atoms with Crippen LogP contribution in [-0.4, -0.2) is 55.2 Å². The molecule has 1 aromatic carbocycles. The average molecular weight is 483 g/mol. The van der Waals surface area contributed by atoms with E-state index in [-0.39, 0.29) is 30.1 Å². The third kappa shape index (κ3) is 7.06. The lowest BCUT2D eigenvalue weighted by Gasteiger charge is -2.32. The largest absolute Gasteiger partial charge is 0.490 e. The summed E-state index contributed by atoms with van der Waals surface area (Å²) in [6.07, 6.45) is 14.3. The van der Waals surface area contributed by atoms with E-state index in [4.69, 9.17) is 10.1 Å². The number of anilines is 1. The summed E-state index contributed by atoms with van der Waals surface area (Å²) in [6, 6.07) is 5.68. The van der Waals surface area contributed by atoms with E-state index < -0.39 is 5.92 Å². The predicted octanol–water partition coefficient (Wildman–Crippen LogP) is 4.74. The Morgan fingerprint density at radius 2 is 1.86 bits per heavy atom. The number of carbonyl (C=O) groups is 2. The molecule has 1 saturated carbocycles. The van der Waals surface area contributed by atoms with Gasteiger partial charge in [-0.25, -0.2) is 0 Å². The minimum absolute atomic E-state index is 0.207. The second kappa shape index (κ2) is 12.5. The van der Waals surface area contributed by atoms with Crippen molar-refractivity contribution < 1.29 is 14.3 Å². The number of unbranched alkanes of at least 4 members (excludes halogenated alkanes) is 1. The summed E-state index contributed by atoms with van der Waals surface area (Å²) < 4.78 is 6.31. The van der Waals surface area contributed by atoms with Gasteiger partial charge in [0.25, 0.3) is 0 Å². The quantitative estimate of drug-likeness (QED) is 0.254. The predicted molar refractivity (Wildman–Crippen MR) is 139 cm³/mol. The van der Waals surface area contributed by atoms with Crippen molar-refractivity contribution in [2.45, 2.75) is 83.2 Å². The number of carbonyl (C=O) groups excluding carboxylic acids is 2. The summed E-state index contributed by atoms with van der Waals surface area (Å²) in [7, 11) is 1.81. The van der Waals surface area contributed by atoms with Crippen LogP contribution in [0.15, 0.2) is 18.2 Å². The van der Waals surface area contributed by atoms with Gasteiger partial charge < -0.3 is 20.4 Å². The first kappa shape index (κ1) is 25.7. The van der Waals surface area contributed by atoms with Crippen molar-refractivity contribution in [2.75, 3.05) is 32.0 Å². The highest BCUT2D eigenvalue weighted by Crippen LogP contribution is 2.30. The van der Waals surface area contributed by atoms with Gasteiger partial charge in [0.2, 0.25) is 11.8 Å². The number of hydrogen-bond donors (Lipinski definition) is 3. The Kier molecular flexibility index (Phi) is 9.18. The molecule has 3 fully saturated rings. The molecule has 0 radical (unpaired) electrons. The van der Waals surface area contributed by atoms with Crippen molar-refractivity contribution in [3.8, 4) is 5.75 Å². The minimum Gasteiger partial charge on any atom is -0.490 e. The van der Waals surface area contributed by atoms with Crippen molar-refractivity contribution in [3.05, 3.63) is 23.8 Å². The van der Waals surface area contributed by atoms with Gasteiger partial charge in [0.1, 0.15) is 11.9 Å². The maximum atomic E-state index is 12.2. The SMILES string of the molecule is CNc1cc(OC2CCN(CCCCC3CCCCC3)CC2)ccc1C(=N)C1CCC(=O)NC1=O. The lowest BCUT2D eigenvalue weighted by Crippen LogP contribution is -2.44. The standard InChI is InChI=1S/C28H42N4O3/c1-30-25-19-22(10-11-23(25)27(29)24-12-13-26(33)31-28(24)34)35-21-14-17-32(18-15-21)16-6-5-9-20-7-3-2-4-8-20/h10-11,19-21,24,29-30H,2-9,12-18H2,1H3,(H,31,33,34). The van der Waals surface area contributed by atoms with Crippen LogP contribution in [0.2, 0.25) is 0 Å². The Morgan fingerprint density at radius 3 is 2.57 bits per heavy atom. The van der Waals surface area contributed by atoms with Gasteiger partial charge in [-0.1, -0.05) is 44.9 Å². The topological polar surface area (TPSA) is 94.5 Å². The fraction of sp³-hybridized carbons (Fsp3) is 0.679. The molecule has 0 aromatic heterocycles. The van der Waals surface area contributed by atoms with Gasteiger partial charge in [0.05, 0.1) is 11.6 Å². The van der Waals surface area contributed by atoms with Crippen molar-refractivity contribution in [3.63, 3.8) is 0 Å². The number of nitrogens with zero attached hydrogens (tertiary/aromatic N) is 1. The summed E-state index contributed by atoms with van der Waals surface area (Å²) in [4.78, 5) is 26.2. The van der Waals surface area contributed by atoms with Gasteiger partial charge in [0.15, 0.2) is 0 Å². The Morgan fingerprint density at radius 1 is 1.09 bits per heavy atom. The molecular formula is C28H42N4O3. The van der Waals surface area contributed by atoms with E-state index in [1.807, 2.05) is 25.2 Å². The summed E-state index contributed by atoms with van der Waals surface area (Å²) in [6.45, 7) is 3.39. The van der Waals surface area contributed by atoms with Crippen LogP contribution < -0.4 is 15.4 Å². The summed E-state index contributed by atoms with van der Waals surface area (Å²) >= 11 is 0. The van der Waals surface area contributed by atoms with E-state index in [0.717, 1.165) is 43.3 Å². The normalized spacial score (nSPS) is 22.6. The van der Waals surface area contributed by atoms with Crippen LogP contribution in [-0.2, 0) is 9.59 Å². The van der Waals surface area contributed by atoms with Crippen molar-refractivity contribution in [1.29, 1.82) is 5.41 Å². The third-order valence-corrected chi connectivity index (χ3v) is 8.04. The van der Waals surface area contributed by atoms with Crippen LogP contribution in [0.25, 0.3) is 0 Å². The van der Waals surface area contributed by atoms with Gasteiger partial charge in [-0.15, -0.1) is 0 Å². The van der Waals surface area contributed by atoms with E-state index in [2.05, 4.69) is 15.5 Å². The Bertz CT molecular complexity index is 888. The van der Waals surface area contributed by atoms with Crippen LogP contribution in [0.1, 0.15) is 82.6 Å². The van der Waals surface area contributed by atoms with Crippen LogP contribution in [0.3, 0.4) is 0 Å². The summed E-state index contributed by atoms with van der Waals surface area (Å²) in [5, 5.41) is 14.1. The van der Waals surface area contributed by atoms with E-state index >= 15 is 0 Å². The number of ether oxygens (including phenoxy) is 1. The molecule has 3 aliphatic rings. The smallest absolute Gasteiger partial charge is 0.235 e. The average Bonchev–Trinajstić information content (AvgIpc) is 2.88. The zero-order chi connectivity index (χ0) is 24.6. The highest BCUT2D eigenvalue weighted by molar-refractivity contribution is 6.17. The molecule has 2 heterocycles. The minimum atomic E-state index is -0.599. The monoisotopic (exact) mass is 482 g/mol. The number of nitrogens with one attached hydrogen (secondary N) is 3. The Balaban J connectivity index is 1.22. The number of likely N-dealkylation sites (tertiary alicyclic amines) is 1. The molecule has 2 amide bonds. The fourth-order valence-electron chi connectivity index (χ4n) is 5.88. The van der Waals surface area contributed by atoms with Crippen molar-refractivity contribution >= 4 is 23.2 Å². The molecule has 1 aromatic rings. The number of rotatable bonds is 10. The highest BCUT2D eigenvalue weighted by Gasteiger charge is 2.31. The van der Waals surface area contributed by atoms with Crippen LogP contribution in [0, 0.1) is 17.2 Å². The molecule has 1 atom stereocenters. The molecule has 3 N–H and O–H groups in total. The van der Waals surface area contributed by atoms with E-state index in [0.29, 0.717) is 12.0 Å². The van der Waals surface area contributed by atoms with Crippen molar-refractivity contribution in [2.24, 2.45) is 11.8 Å². The zero-order valence-corrected chi connectivity index (χ0v) is 21.2. The molecule has 0 bridgehead atoms. The van der Waals surface area contributed by atoms with Crippen LogP contribution >= 0.6 is 0 Å². The van der Waals surface area contributed by atoms with Crippen LogP contribution in [0.5, 0.6) is 5.75 Å². The Labute approximate surface area is 209 Å². The molecule has 7 nitrogen and oxygen atoms in total. The van der Waals surface area contributed by atoms with E-state index in [1.165, 1.54) is 57.9 Å². The van der Waals surface area contributed by atoms with Crippen LogP contribution in [0.4, 0.5) is 5.69 Å². The molecule has 2 saturated heterocycles. The molecule has 1 unspecified atom stereocenters. The maximum absolute atomic E-state index is 12.2. The Hall–Kier alpha value is -2.41. The first-order chi connectivity index (χ1) is 17.0. The van der Waals surface area contributed by atoms with Gasteiger partial charge in [0, 0.05) is 43.9 Å². The second-order valence-electron chi connectivity index (χ2n) is 10.5. The second-order valence-corrected chi connectivity index (χ2v) is 10.5. The molecule has 1 aliphatic carbocycles. The van der Waals surface area contributed by atoms with E-state index in [9.17, 15) is 9.59 Å². The summed E-state index contributed by atoms with van der Waals surface area (Å²) in [5.74, 6) is 0.541. The van der Waals surface area contributed by atoms with E-state index in [1.54, 1.807) is 0 Å².